The van der Waals surface area contributed by atoms with Crippen molar-refractivity contribution in [2.75, 3.05) is 11.5 Å². The molecule has 0 bridgehead atoms. The Kier molecular flexibility index (Phi) is 3.52. The molecule has 0 spiro atoms. The van der Waals surface area contributed by atoms with E-state index in [9.17, 15) is 4.39 Å². The molecule has 3 aromatic rings. The lowest BCUT2D eigenvalue weighted by Gasteiger charge is -2.08. The third kappa shape index (κ3) is 2.70. The second-order valence-corrected chi connectivity index (χ2v) is 5.70. The number of rotatable bonds is 3. The summed E-state index contributed by atoms with van der Waals surface area (Å²) in [5.41, 5.74) is 12.1. The van der Waals surface area contributed by atoms with Crippen molar-refractivity contribution in [3.05, 3.63) is 40.8 Å². The molecule has 0 saturated heterocycles. The maximum atomic E-state index is 13.9. The van der Waals surface area contributed by atoms with Crippen molar-refractivity contribution >= 4 is 44.1 Å². The Balaban J connectivity index is 1.86. The SMILES string of the molecule is Nc1nc2c(F)cc(OCc3ccnc(N)c3Cl)cc2s1. The number of nitrogen functional groups attached to an aromatic ring is 2. The minimum atomic E-state index is -0.476. The van der Waals surface area contributed by atoms with E-state index in [-0.39, 0.29) is 17.9 Å². The van der Waals surface area contributed by atoms with E-state index in [1.807, 2.05) is 0 Å². The Labute approximate surface area is 128 Å². The van der Waals surface area contributed by atoms with Gasteiger partial charge < -0.3 is 16.2 Å². The fraction of sp³-hybridized carbons (Fsp3) is 0.0769. The van der Waals surface area contributed by atoms with Crippen molar-refractivity contribution in [2.45, 2.75) is 6.61 Å². The average molecular weight is 325 g/mol. The first-order chi connectivity index (χ1) is 10.0. The molecule has 108 valence electrons. The number of hydrogen-bond donors (Lipinski definition) is 2. The summed E-state index contributed by atoms with van der Waals surface area (Å²) in [6.45, 7) is 0.158. The van der Waals surface area contributed by atoms with E-state index in [2.05, 4.69) is 9.97 Å². The van der Waals surface area contributed by atoms with Gasteiger partial charge in [0.05, 0.1) is 9.72 Å². The molecule has 4 N–H and O–H groups in total. The number of fused-ring (bicyclic) bond motifs is 1. The van der Waals surface area contributed by atoms with Crippen LogP contribution in [-0.2, 0) is 6.61 Å². The number of hydrogen-bond acceptors (Lipinski definition) is 6. The minimum absolute atomic E-state index is 0.158. The summed E-state index contributed by atoms with van der Waals surface area (Å²) in [4.78, 5) is 7.78. The lowest BCUT2D eigenvalue weighted by Crippen LogP contribution is -2.00. The third-order valence-corrected chi connectivity index (χ3v) is 4.10. The fourth-order valence-corrected chi connectivity index (χ4v) is 2.78. The predicted molar refractivity (Wildman–Crippen MR) is 82.0 cm³/mol. The van der Waals surface area contributed by atoms with Crippen molar-refractivity contribution in [3.8, 4) is 5.75 Å². The van der Waals surface area contributed by atoms with Gasteiger partial charge in [-0.15, -0.1) is 0 Å². The number of anilines is 2. The van der Waals surface area contributed by atoms with Gasteiger partial charge in [-0.2, -0.15) is 0 Å². The van der Waals surface area contributed by atoms with Gasteiger partial charge in [0, 0.05) is 17.8 Å². The van der Waals surface area contributed by atoms with Gasteiger partial charge in [-0.1, -0.05) is 22.9 Å². The number of pyridine rings is 1. The summed E-state index contributed by atoms with van der Waals surface area (Å²) in [6.07, 6.45) is 1.54. The van der Waals surface area contributed by atoms with Crippen LogP contribution < -0.4 is 16.2 Å². The summed E-state index contributed by atoms with van der Waals surface area (Å²) in [6, 6.07) is 4.64. The molecule has 0 aliphatic rings. The Morgan fingerprint density at radius 2 is 2.14 bits per heavy atom. The van der Waals surface area contributed by atoms with Crippen LogP contribution in [0.2, 0.25) is 5.02 Å². The molecule has 0 atom stereocenters. The first-order valence-corrected chi connectivity index (χ1v) is 7.11. The van der Waals surface area contributed by atoms with E-state index in [0.717, 1.165) is 0 Å². The molecule has 0 amide bonds. The van der Waals surface area contributed by atoms with Crippen molar-refractivity contribution in [1.29, 1.82) is 0 Å². The topological polar surface area (TPSA) is 87.0 Å². The highest BCUT2D eigenvalue weighted by Crippen LogP contribution is 2.31. The number of aromatic nitrogens is 2. The van der Waals surface area contributed by atoms with Crippen LogP contribution >= 0.6 is 22.9 Å². The number of nitrogens with two attached hydrogens (primary N) is 2. The summed E-state index contributed by atoms with van der Waals surface area (Å²) >= 11 is 7.22. The Hall–Kier alpha value is -2.12. The van der Waals surface area contributed by atoms with Gasteiger partial charge in [0.15, 0.2) is 10.9 Å². The van der Waals surface area contributed by atoms with Gasteiger partial charge in [-0.05, 0) is 12.1 Å². The Morgan fingerprint density at radius 1 is 1.33 bits per heavy atom. The molecular weight excluding hydrogens is 315 g/mol. The quantitative estimate of drug-likeness (QED) is 0.772. The summed E-state index contributed by atoms with van der Waals surface area (Å²) in [5.74, 6) is 0.125. The van der Waals surface area contributed by atoms with Gasteiger partial charge >= 0.3 is 0 Å². The number of halogens is 2. The lowest BCUT2D eigenvalue weighted by atomic mass is 10.2. The van der Waals surface area contributed by atoms with Crippen LogP contribution in [0, 0.1) is 5.82 Å². The molecule has 2 heterocycles. The maximum absolute atomic E-state index is 13.9. The molecule has 3 rings (SSSR count). The molecule has 5 nitrogen and oxygen atoms in total. The zero-order chi connectivity index (χ0) is 15.0. The normalized spacial score (nSPS) is 11.0. The zero-order valence-electron chi connectivity index (χ0n) is 10.6. The Bertz CT molecular complexity index is 823. The van der Waals surface area contributed by atoms with Crippen molar-refractivity contribution in [3.63, 3.8) is 0 Å². The molecule has 2 aromatic heterocycles. The van der Waals surface area contributed by atoms with Crippen molar-refractivity contribution < 1.29 is 9.13 Å². The summed E-state index contributed by atoms with van der Waals surface area (Å²) in [5, 5.41) is 0.645. The van der Waals surface area contributed by atoms with Crippen LogP contribution in [0.3, 0.4) is 0 Å². The molecule has 0 aliphatic carbocycles. The molecule has 8 heteroatoms. The van der Waals surface area contributed by atoms with Gasteiger partial charge in [0.2, 0.25) is 0 Å². The maximum Gasteiger partial charge on any atom is 0.181 e. The summed E-state index contributed by atoms with van der Waals surface area (Å²) < 4.78 is 20.1. The first-order valence-electron chi connectivity index (χ1n) is 5.92. The standard InChI is InChI=1S/C13H10ClFN4OS/c14-10-6(1-2-18-12(10)16)5-20-7-3-8(15)11-9(4-7)21-13(17)19-11/h1-4H,5H2,(H2,16,18)(H2,17,19). The zero-order valence-corrected chi connectivity index (χ0v) is 12.2. The third-order valence-electron chi connectivity index (χ3n) is 2.83. The second kappa shape index (κ2) is 5.34. The molecule has 0 aliphatic heterocycles. The highest BCUT2D eigenvalue weighted by atomic mass is 35.5. The smallest absolute Gasteiger partial charge is 0.181 e. The monoisotopic (exact) mass is 324 g/mol. The van der Waals surface area contributed by atoms with E-state index in [4.69, 9.17) is 27.8 Å². The molecular formula is C13H10ClFN4OS. The van der Waals surface area contributed by atoms with Crippen LogP contribution in [0.4, 0.5) is 15.3 Å². The average Bonchev–Trinajstić information content (AvgIpc) is 2.81. The molecule has 0 fully saturated rings. The highest BCUT2D eigenvalue weighted by molar-refractivity contribution is 7.22. The predicted octanol–water partition coefficient (Wildman–Crippen LogP) is 3.23. The van der Waals surface area contributed by atoms with Crippen molar-refractivity contribution in [2.24, 2.45) is 0 Å². The number of nitrogens with zero attached hydrogens (tertiary/aromatic N) is 2. The second-order valence-electron chi connectivity index (χ2n) is 4.26. The van der Waals surface area contributed by atoms with E-state index in [0.29, 0.717) is 26.2 Å². The van der Waals surface area contributed by atoms with Crippen LogP contribution in [0.25, 0.3) is 10.2 Å². The lowest BCUT2D eigenvalue weighted by molar-refractivity contribution is 0.305. The molecule has 0 saturated carbocycles. The van der Waals surface area contributed by atoms with Gasteiger partial charge in [-0.3, -0.25) is 0 Å². The largest absolute Gasteiger partial charge is 0.489 e. The first kappa shape index (κ1) is 13.8. The van der Waals surface area contributed by atoms with Gasteiger partial charge in [0.25, 0.3) is 0 Å². The van der Waals surface area contributed by atoms with E-state index < -0.39 is 5.82 Å². The molecule has 1 aromatic carbocycles. The Morgan fingerprint density at radius 3 is 2.95 bits per heavy atom. The molecule has 21 heavy (non-hydrogen) atoms. The van der Waals surface area contributed by atoms with Crippen molar-refractivity contribution in [1.82, 2.24) is 9.97 Å². The van der Waals surface area contributed by atoms with E-state index in [1.165, 1.54) is 23.6 Å². The molecule has 0 unspecified atom stereocenters. The van der Waals surface area contributed by atoms with E-state index >= 15 is 0 Å². The fourth-order valence-electron chi connectivity index (χ4n) is 1.84. The van der Waals surface area contributed by atoms with Gasteiger partial charge in [-0.25, -0.2) is 14.4 Å². The minimum Gasteiger partial charge on any atom is -0.489 e. The van der Waals surface area contributed by atoms with Gasteiger partial charge in [0.1, 0.15) is 23.7 Å². The number of ether oxygens (including phenoxy) is 1. The van der Waals surface area contributed by atoms with Crippen LogP contribution in [0.15, 0.2) is 24.4 Å². The number of benzene rings is 1. The molecule has 0 radical (unpaired) electrons. The highest BCUT2D eigenvalue weighted by Gasteiger charge is 2.11. The summed E-state index contributed by atoms with van der Waals surface area (Å²) in [7, 11) is 0. The van der Waals surface area contributed by atoms with Crippen LogP contribution in [-0.4, -0.2) is 9.97 Å². The van der Waals surface area contributed by atoms with E-state index in [1.54, 1.807) is 12.1 Å². The van der Waals surface area contributed by atoms with Crippen LogP contribution in [0.5, 0.6) is 5.75 Å². The number of thiazole rings is 1. The van der Waals surface area contributed by atoms with Crippen LogP contribution in [0.1, 0.15) is 5.56 Å².